The number of rotatable bonds is 3. The zero-order valence-electron chi connectivity index (χ0n) is 10.1. The molecule has 0 aliphatic rings. The van der Waals surface area contributed by atoms with Gasteiger partial charge in [-0.15, -0.1) is 6.42 Å². The minimum absolute atomic E-state index is 0.538. The second-order valence-electron chi connectivity index (χ2n) is 3.86. The smallest absolute Gasteiger partial charge is 0.270 e. The summed E-state index contributed by atoms with van der Waals surface area (Å²) in [5.41, 5.74) is 1.36. The summed E-state index contributed by atoms with van der Waals surface area (Å²) in [5, 5.41) is -1.34. The Morgan fingerprint density at radius 3 is 2.21 bits per heavy atom. The summed E-state index contributed by atoms with van der Waals surface area (Å²) in [6.07, 6.45) is 12.5. The summed E-state index contributed by atoms with van der Waals surface area (Å²) in [6, 6.07) is 16.0. The van der Waals surface area contributed by atoms with Crippen LogP contribution in [0.15, 0.2) is 54.6 Å². The minimum atomic E-state index is -1.34. The van der Waals surface area contributed by atoms with E-state index in [0.717, 1.165) is 0 Å². The normalized spacial score (nSPS) is 12.8. The standard InChI is InChI=1S/C17H10ClO/c1-3-14-10-12-16(13-11-14)19-17(18,4-2)15-8-6-5-7-9-15/h2,5-13H. The highest BCUT2D eigenvalue weighted by Crippen LogP contribution is 2.31. The van der Waals surface area contributed by atoms with Crippen LogP contribution in [0.5, 0.6) is 5.75 Å². The van der Waals surface area contributed by atoms with Crippen LogP contribution in [0.4, 0.5) is 0 Å². The summed E-state index contributed by atoms with van der Waals surface area (Å²) in [5.74, 6) is 5.28. The lowest BCUT2D eigenvalue weighted by atomic mass is 10.1. The highest BCUT2D eigenvalue weighted by atomic mass is 35.5. The van der Waals surface area contributed by atoms with Gasteiger partial charge in [0, 0.05) is 11.1 Å². The molecule has 0 aliphatic carbocycles. The fourth-order valence-corrected chi connectivity index (χ4v) is 1.81. The molecule has 2 rings (SSSR count). The lowest BCUT2D eigenvalue weighted by Gasteiger charge is -2.23. The summed E-state index contributed by atoms with van der Waals surface area (Å²) in [7, 11) is 0. The molecule has 0 aromatic heterocycles. The molecule has 0 fully saturated rings. The van der Waals surface area contributed by atoms with E-state index in [1.54, 1.807) is 24.3 Å². The van der Waals surface area contributed by atoms with Crippen LogP contribution in [-0.4, -0.2) is 0 Å². The molecule has 1 atom stereocenters. The van der Waals surface area contributed by atoms with Crippen LogP contribution in [-0.2, 0) is 5.06 Å². The van der Waals surface area contributed by atoms with Crippen molar-refractivity contribution in [3.8, 4) is 24.0 Å². The van der Waals surface area contributed by atoms with E-state index in [0.29, 0.717) is 16.9 Å². The fourth-order valence-electron chi connectivity index (χ4n) is 1.59. The van der Waals surface area contributed by atoms with Gasteiger partial charge in [-0.2, -0.15) is 0 Å². The van der Waals surface area contributed by atoms with Gasteiger partial charge in [0.2, 0.25) is 0 Å². The second kappa shape index (κ2) is 5.53. The van der Waals surface area contributed by atoms with Gasteiger partial charge in [-0.3, -0.25) is 0 Å². The molecule has 0 bridgehead atoms. The Morgan fingerprint density at radius 2 is 1.68 bits per heavy atom. The van der Waals surface area contributed by atoms with E-state index in [-0.39, 0.29) is 0 Å². The molecule has 0 saturated heterocycles. The summed E-state index contributed by atoms with van der Waals surface area (Å²) in [6.45, 7) is 0. The maximum absolute atomic E-state index is 7.02. The van der Waals surface area contributed by atoms with Crippen LogP contribution in [0.25, 0.3) is 0 Å². The Hall–Kier alpha value is -2.35. The van der Waals surface area contributed by atoms with Gasteiger partial charge in [0.05, 0.1) is 0 Å². The third-order valence-corrected chi connectivity index (χ3v) is 2.99. The van der Waals surface area contributed by atoms with Crippen LogP contribution in [0.1, 0.15) is 11.1 Å². The molecule has 2 aromatic rings. The quantitative estimate of drug-likeness (QED) is 0.607. The van der Waals surface area contributed by atoms with E-state index in [4.69, 9.17) is 29.2 Å². The summed E-state index contributed by atoms with van der Waals surface area (Å²) >= 11 is 6.35. The number of hydrogen-bond acceptors (Lipinski definition) is 1. The number of hydrogen-bond donors (Lipinski definition) is 0. The van der Waals surface area contributed by atoms with Crippen molar-refractivity contribution in [2.75, 3.05) is 0 Å². The van der Waals surface area contributed by atoms with Crippen LogP contribution in [0.2, 0.25) is 0 Å². The monoisotopic (exact) mass is 265 g/mol. The number of alkyl halides is 1. The molecule has 1 unspecified atom stereocenters. The van der Waals surface area contributed by atoms with E-state index in [1.807, 2.05) is 30.3 Å². The van der Waals surface area contributed by atoms with E-state index < -0.39 is 5.06 Å². The molecule has 2 aromatic carbocycles. The minimum Gasteiger partial charge on any atom is -0.457 e. The Labute approximate surface area is 118 Å². The highest BCUT2D eigenvalue weighted by molar-refractivity contribution is 6.25. The largest absolute Gasteiger partial charge is 0.457 e. The number of terminal acetylenes is 1. The first-order chi connectivity index (χ1) is 9.18. The zero-order valence-corrected chi connectivity index (χ0v) is 10.8. The van der Waals surface area contributed by atoms with Crippen molar-refractivity contribution in [1.29, 1.82) is 0 Å². The third kappa shape index (κ3) is 2.91. The third-order valence-electron chi connectivity index (χ3n) is 2.59. The van der Waals surface area contributed by atoms with Gasteiger partial charge in [0.25, 0.3) is 5.06 Å². The second-order valence-corrected chi connectivity index (χ2v) is 4.39. The molecule has 0 heterocycles. The first kappa shape index (κ1) is 13.1. The maximum atomic E-state index is 7.02. The first-order valence-corrected chi connectivity index (χ1v) is 6.00. The Morgan fingerprint density at radius 1 is 1.05 bits per heavy atom. The van der Waals surface area contributed by atoms with Crippen LogP contribution >= 0.6 is 11.6 Å². The van der Waals surface area contributed by atoms with Crippen LogP contribution < -0.4 is 4.74 Å². The van der Waals surface area contributed by atoms with E-state index in [9.17, 15) is 0 Å². The molecular weight excluding hydrogens is 256 g/mol. The molecule has 0 aliphatic heterocycles. The predicted molar refractivity (Wildman–Crippen MR) is 76.1 cm³/mol. The lowest BCUT2D eigenvalue weighted by Crippen LogP contribution is -2.24. The molecule has 2 heteroatoms. The predicted octanol–water partition coefficient (Wildman–Crippen LogP) is 3.73. The molecule has 0 N–H and O–H groups in total. The van der Waals surface area contributed by atoms with Gasteiger partial charge < -0.3 is 4.74 Å². The molecule has 91 valence electrons. The van der Waals surface area contributed by atoms with Crippen molar-refractivity contribution >= 4 is 11.6 Å². The maximum Gasteiger partial charge on any atom is 0.270 e. The van der Waals surface area contributed by atoms with E-state index in [1.165, 1.54) is 0 Å². The molecular formula is C17H10ClO. The van der Waals surface area contributed by atoms with Gasteiger partial charge in [-0.25, -0.2) is 0 Å². The van der Waals surface area contributed by atoms with Crippen LogP contribution in [0.3, 0.4) is 0 Å². The Bertz CT molecular complexity index is 632. The van der Waals surface area contributed by atoms with E-state index >= 15 is 0 Å². The molecule has 19 heavy (non-hydrogen) atoms. The Kier molecular flexibility index (Phi) is 3.81. The van der Waals surface area contributed by atoms with Crippen LogP contribution in [0, 0.1) is 24.7 Å². The SMILES string of the molecule is [C]#Cc1ccc(OC(Cl)(C#C)c2ccccc2)cc1. The molecule has 1 nitrogen and oxygen atoms in total. The molecule has 1 radical (unpaired) electrons. The van der Waals surface area contributed by atoms with Gasteiger partial charge in [0.1, 0.15) is 5.75 Å². The van der Waals surface area contributed by atoms with Crippen molar-refractivity contribution in [2.24, 2.45) is 0 Å². The average molecular weight is 266 g/mol. The van der Waals surface area contributed by atoms with Crippen molar-refractivity contribution < 1.29 is 4.74 Å². The molecule has 0 saturated carbocycles. The van der Waals surface area contributed by atoms with Crippen molar-refractivity contribution in [3.05, 3.63) is 72.1 Å². The number of ether oxygens (including phenoxy) is 1. The van der Waals surface area contributed by atoms with Gasteiger partial charge >= 0.3 is 0 Å². The summed E-state index contributed by atoms with van der Waals surface area (Å²) < 4.78 is 5.68. The zero-order chi connectivity index (χ0) is 13.7. The van der Waals surface area contributed by atoms with Gasteiger partial charge in [-0.05, 0) is 36.6 Å². The highest BCUT2D eigenvalue weighted by Gasteiger charge is 2.29. The topological polar surface area (TPSA) is 9.23 Å². The van der Waals surface area contributed by atoms with Crippen molar-refractivity contribution in [1.82, 2.24) is 0 Å². The van der Waals surface area contributed by atoms with Gasteiger partial charge in [0.15, 0.2) is 0 Å². The Balaban J connectivity index is 2.29. The lowest BCUT2D eigenvalue weighted by molar-refractivity contribution is 0.221. The first-order valence-electron chi connectivity index (χ1n) is 5.62. The average Bonchev–Trinajstić information content (AvgIpc) is 2.49. The van der Waals surface area contributed by atoms with E-state index in [2.05, 4.69) is 11.8 Å². The fraction of sp³-hybridized carbons (Fsp3) is 0.0588. The summed E-state index contributed by atoms with van der Waals surface area (Å²) in [4.78, 5) is 0. The van der Waals surface area contributed by atoms with Gasteiger partial charge in [-0.1, -0.05) is 47.9 Å². The number of halogens is 1. The molecule has 0 amide bonds. The van der Waals surface area contributed by atoms with Crippen molar-refractivity contribution in [3.63, 3.8) is 0 Å². The van der Waals surface area contributed by atoms with Crippen molar-refractivity contribution in [2.45, 2.75) is 5.06 Å². The molecule has 0 spiro atoms. The number of benzene rings is 2.